The number of nitrogens with two attached hydrogens (primary N) is 1. The fourth-order valence-corrected chi connectivity index (χ4v) is 1.78. The van der Waals surface area contributed by atoms with Crippen molar-refractivity contribution in [2.24, 2.45) is 5.84 Å². The van der Waals surface area contributed by atoms with Crippen molar-refractivity contribution < 1.29 is 4.74 Å². The molecule has 7 heteroatoms. The largest absolute Gasteiger partial charge is 0.377 e. The Morgan fingerprint density at radius 2 is 2.15 bits per heavy atom. The first-order valence-corrected chi connectivity index (χ1v) is 6.23. The van der Waals surface area contributed by atoms with Crippen molar-refractivity contribution in [1.82, 2.24) is 15.0 Å². The van der Waals surface area contributed by atoms with Crippen LogP contribution in [0.25, 0.3) is 0 Å². The number of methoxy groups -OCH3 is 1. The summed E-state index contributed by atoms with van der Waals surface area (Å²) >= 11 is 0. The summed E-state index contributed by atoms with van der Waals surface area (Å²) in [4.78, 5) is 12.7. The van der Waals surface area contributed by atoms with Crippen molar-refractivity contribution in [3.63, 3.8) is 0 Å². The Labute approximate surface area is 117 Å². The molecule has 0 aliphatic carbocycles. The van der Waals surface area contributed by atoms with Gasteiger partial charge < -0.3 is 15.5 Å². The smallest absolute Gasteiger partial charge is 0.158 e. The van der Waals surface area contributed by atoms with Gasteiger partial charge in [0, 0.05) is 25.6 Å². The minimum Gasteiger partial charge on any atom is -0.377 e. The maximum atomic E-state index is 5.41. The van der Waals surface area contributed by atoms with E-state index in [9.17, 15) is 0 Å². The van der Waals surface area contributed by atoms with Crippen molar-refractivity contribution >= 4 is 11.6 Å². The molecule has 106 valence electrons. The average molecular weight is 274 g/mol. The molecule has 7 nitrogen and oxygen atoms in total. The van der Waals surface area contributed by atoms with Gasteiger partial charge in [-0.3, -0.25) is 4.98 Å². The van der Waals surface area contributed by atoms with Crippen molar-refractivity contribution in [3.05, 3.63) is 42.0 Å². The Hall–Kier alpha value is -2.25. The van der Waals surface area contributed by atoms with Crippen molar-refractivity contribution in [2.75, 3.05) is 17.9 Å². The second-order valence-electron chi connectivity index (χ2n) is 4.28. The van der Waals surface area contributed by atoms with Crippen LogP contribution in [0.1, 0.15) is 24.4 Å². The number of hydrogen-bond donors (Lipinski definition) is 3. The molecule has 4 N–H and O–H groups in total. The molecule has 0 amide bonds. The van der Waals surface area contributed by atoms with Gasteiger partial charge in [0.15, 0.2) is 5.82 Å². The van der Waals surface area contributed by atoms with E-state index in [0.29, 0.717) is 24.1 Å². The molecular formula is C13H18N6O. The Bertz CT molecular complexity index is 548. The van der Waals surface area contributed by atoms with Crippen LogP contribution in [0.3, 0.4) is 0 Å². The Morgan fingerprint density at radius 3 is 2.80 bits per heavy atom. The van der Waals surface area contributed by atoms with Crippen LogP contribution < -0.4 is 16.6 Å². The van der Waals surface area contributed by atoms with E-state index in [-0.39, 0.29) is 6.04 Å². The van der Waals surface area contributed by atoms with Crippen LogP contribution in [0.2, 0.25) is 0 Å². The molecule has 0 radical (unpaired) electrons. The Morgan fingerprint density at radius 1 is 1.35 bits per heavy atom. The van der Waals surface area contributed by atoms with Gasteiger partial charge in [0.1, 0.15) is 18.2 Å². The van der Waals surface area contributed by atoms with Gasteiger partial charge in [0.2, 0.25) is 0 Å². The van der Waals surface area contributed by atoms with E-state index < -0.39 is 0 Å². The summed E-state index contributed by atoms with van der Waals surface area (Å²) < 4.78 is 5.04. The summed E-state index contributed by atoms with van der Waals surface area (Å²) in [5.74, 6) is 7.18. The SMILES string of the molecule is COCc1nc(NN)cc(NC(C)c2cccnc2)n1. The predicted molar refractivity (Wildman–Crippen MR) is 76.8 cm³/mol. The molecule has 1 unspecified atom stereocenters. The van der Waals surface area contributed by atoms with Gasteiger partial charge in [-0.05, 0) is 18.6 Å². The number of anilines is 2. The molecule has 0 fully saturated rings. The first-order valence-electron chi connectivity index (χ1n) is 6.23. The zero-order valence-electron chi connectivity index (χ0n) is 11.5. The zero-order chi connectivity index (χ0) is 14.4. The number of nitrogens with zero attached hydrogens (tertiary/aromatic N) is 3. The number of hydrazine groups is 1. The number of ether oxygens (including phenoxy) is 1. The van der Waals surface area contributed by atoms with Crippen LogP contribution in [0.4, 0.5) is 11.6 Å². The molecule has 2 aromatic heterocycles. The third-order valence-corrected chi connectivity index (χ3v) is 2.74. The Kier molecular flexibility index (Phi) is 4.80. The summed E-state index contributed by atoms with van der Waals surface area (Å²) in [6.45, 7) is 2.36. The number of hydrogen-bond acceptors (Lipinski definition) is 7. The molecule has 1 atom stereocenters. The highest BCUT2D eigenvalue weighted by atomic mass is 16.5. The fraction of sp³-hybridized carbons (Fsp3) is 0.308. The van der Waals surface area contributed by atoms with Crippen LogP contribution in [0.15, 0.2) is 30.6 Å². The molecule has 0 aliphatic rings. The third-order valence-electron chi connectivity index (χ3n) is 2.74. The van der Waals surface area contributed by atoms with E-state index in [1.807, 2.05) is 25.3 Å². The van der Waals surface area contributed by atoms with E-state index in [4.69, 9.17) is 10.6 Å². The highest BCUT2D eigenvalue weighted by Gasteiger charge is 2.09. The summed E-state index contributed by atoms with van der Waals surface area (Å²) in [5.41, 5.74) is 3.59. The summed E-state index contributed by atoms with van der Waals surface area (Å²) in [7, 11) is 1.59. The van der Waals surface area contributed by atoms with Crippen LogP contribution in [0, 0.1) is 0 Å². The first kappa shape index (κ1) is 14.2. The maximum absolute atomic E-state index is 5.41. The molecule has 0 aliphatic heterocycles. The maximum Gasteiger partial charge on any atom is 0.158 e. The second-order valence-corrected chi connectivity index (χ2v) is 4.28. The zero-order valence-corrected chi connectivity index (χ0v) is 11.5. The highest BCUT2D eigenvalue weighted by Crippen LogP contribution is 2.18. The molecule has 20 heavy (non-hydrogen) atoms. The van der Waals surface area contributed by atoms with Crippen LogP contribution in [0.5, 0.6) is 0 Å². The third kappa shape index (κ3) is 3.62. The standard InChI is InChI=1S/C13H18N6O/c1-9(10-4-3-5-15-7-10)16-11-6-12(19-14)18-13(17-11)8-20-2/h3-7,9H,8,14H2,1-2H3,(H2,16,17,18,19). The van der Waals surface area contributed by atoms with E-state index in [2.05, 4.69) is 25.7 Å². The Balaban J connectivity index is 2.17. The minimum absolute atomic E-state index is 0.0691. The summed E-state index contributed by atoms with van der Waals surface area (Å²) in [6.07, 6.45) is 3.56. The number of rotatable bonds is 6. The molecular weight excluding hydrogens is 256 g/mol. The molecule has 0 aromatic carbocycles. The van der Waals surface area contributed by atoms with Gasteiger partial charge in [0.05, 0.1) is 6.04 Å². The number of nitrogen functional groups attached to an aromatic ring is 1. The normalized spacial score (nSPS) is 11.9. The van der Waals surface area contributed by atoms with Gasteiger partial charge in [-0.25, -0.2) is 15.8 Å². The number of nitrogens with one attached hydrogen (secondary N) is 2. The summed E-state index contributed by atoms with van der Waals surface area (Å²) in [6, 6.07) is 5.71. The van der Waals surface area contributed by atoms with Crippen molar-refractivity contribution in [3.8, 4) is 0 Å². The molecule has 0 saturated carbocycles. The lowest BCUT2D eigenvalue weighted by atomic mass is 10.1. The lowest BCUT2D eigenvalue weighted by Crippen LogP contribution is -2.14. The molecule has 2 rings (SSSR count). The van der Waals surface area contributed by atoms with E-state index in [1.165, 1.54) is 0 Å². The van der Waals surface area contributed by atoms with E-state index >= 15 is 0 Å². The average Bonchev–Trinajstić information content (AvgIpc) is 2.48. The lowest BCUT2D eigenvalue weighted by Gasteiger charge is -2.15. The van der Waals surface area contributed by atoms with Crippen LogP contribution >= 0.6 is 0 Å². The van der Waals surface area contributed by atoms with Crippen LogP contribution in [-0.2, 0) is 11.3 Å². The van der Waals surface area contributed by atoms with E-state index in [0.717, 1.165) is 5.56 Å². The molecule has 2 aromatic rings. The van der Waals surface area contributed by atoms with Gasteiger partial charge in [0.25, 0.3) is 0 Å². The molecule has 0 bridgehead atoms. The van der Waals surface area contributed by atoms with E-state index in [1.54, 1.807) is 19.4 Å². The monoisotopic (exact) mass is 274 g/mol. The molecule has 2 heterocycles. The quantitative estimate of drug-likeness (QED) is 0.542. The van der Waals surface area contributed by atoms with Gasteiger partial charge in [-0.2, -0.15) is 0 Å². The van der Waals surface area contributed by atoms with Gasteiger partial charge in [-0.1, -0.05) is 6.07 Å². The topological polar surface area (TPSA) is 98.0 Å². The minimum atomic E-state index is 0.0691. The first-order chi connectivity index (χ1) is 9.72. The second kappa shape index (κ2) is 6.78. The fourth-order valence-electron chi connectivity index (χ4n) is 1.78. The highest BCUT2D eigenvalue weighted by molar-refractivity contribution is 5.48. The van der Waals surface area contributed by atoms with Gasteiger partial charge >= 0.3 is 0 Å². The van der Waals surface area contributed by atoms with Crippen LogP contribution in [-0.4, -0.2) is 22.1 Å². The summed E-state index contributed by atoms with van der Waals surface area (Å²) in [5, 5.41) is 3.29. The van der Waals surface area contributed by atoms with Gasteiger partial charge in [-0.15, -0.1) is 0 Å². The number of pyridine rings is 1. The lowest BCUT2D eigenvalue weighted by molar-refractivity contribution is 0.178. The molecule has 0 saturated heterocycles. The molecule has 0 spiro atoms. The van der Waals surface area contributed by atoms with Crippen molar-refractivity contribution in [2.45, 2.75) is 19.6 Å². The number of aromatic nitrogens is 3. The predicted octanol–water partition coefficient (Wildman–Crippen LogP) is 1.48. The van der Waals surface area contributed by atoms with Crippen molar-refractivity contribution in [1.29, 1.82) is 0 Å².